The Morgan fingerprint density at radius 3 is 2.59 bits per heavy atom. The lowest BCUT2D eigenvalue weighted by molar-refractivity contribution is -0.129. The molecule has 0 atom stereocenters. The number of hydrogen-bond acceptors (Lipinski definition) is 6. The molecule has 5 rings (SSSR count). The quantitative estimate of drug-likeness (QED) is 0.299. The number of carbonyl (C=O) groups is 1. The molecule has 37 heavy (non-hydrogen) atoms. The smallest absolute Gasteiger partial charge is 0.271 e. The van der Waals surface area contributed by atoms with Gasteiger partial charge in [0.1, 0.15) is 4.70 Å². The van der Waals surface area contributed by atoms with Gasteiger partial charge in [-0.15, -0.1) is 11.3 Å². The number of rotatable bonds is 7. The first-order valence-corrected chi connectivity index (χ1v) is 13.0. The van der Waals surface area contributed by atoms with Crippen LogP contribution in [0.4, 0.5) is 0 Å². The summed E-state index contributed by atoms with van der Waals surface area (Å²) in [7, 11) is 5.43. The number of fused-ring (bicyclic) bond motifs is 2. The van der Waals surface area contributed by atoms with E-state index in [1.807, 2.05) is 66.7 Å². The first-order chi connectivity index (χ1) is 17.8. The van der Waals surface area contributed by atoms with Gasteiger partial charge in [0.15, 0.2) is 0 Å². The van der Waals surface area contributed by atoms with Crippen LogP contribution in [-0.4, -0.2) is 57.9 Å². The van der Waals surface area contributed by atoms with Gasteiger partial charge in [0.2, 0.25) is 5.91 Å². The zero-order chi connectivity index (χ0) is 26.1. The maximum absolute atomic E-state index is 13.3. The highest BCUT2D eigenvalue weighted by Gasteiger charge is 2.13. The first kappa shape index (κ1) is 25.1. The molecule has 0 fully saturated rings. The summed E-state index contributed by atoms with van der Waals surface area (Å²) in [6.07, 6.45) is 3.44. The van der Waals surface area contributed by atoms with Crippen LogP contribution >= 0.6 is 22.9 Å². The van der Waals surface area contributed by atoms with E-state index < -0.39 is 0 Å². The number of aromatic nitrogens is 3. The molecule has 0 spiro atoms. The first-order valence-electron chi connectivity index (χ1n) is 11.8. The van der Waals surface area contributed by atoms with Gasteiger partial charge in [-0.25, -0.2) is 4.98 Å². The maximum atomic E-state index is 13.3. The van der Waals surface area contributed by atoms with Crippen molar-refractivity contribution in [1.82, 2.24) is 24.3 Å². The van der Waals surface area contributed by atoms with Gasteiger partial charge in [-0.05, 0) is 48.0 Å². The third-order valence-electron chi connectivity index (χ3n) is 6.18. The zero-order valence-electron chi connectivity index (χ0n) is 20.8. The highest BCUT2D eigenvalue weighted by Crippen LogP contribution is 2.31. The molecule has 0 N–H and O–H groups in total. The van der Waals surface area contributed by atoms with Crippen LogP contribution in [0.2, 0.25) is 5.02 Å². The van der Waals surface area contributed by atoms with Crippen molar-refractivity contribution in [2.24, 2.45) is 0 Å². The molecule has 0 aliphatic rings. The van der Waals surface area contributed by atoms with Crippen LogP contribution in [0.25, 0.3) is 31.6 Å². The van der Waals surface area contributed by atoms with Crippen molar-refractivity contribution >= 4 is 50.0 Å². The Morgan fingerprint density at radius 2 is 1.84 bits per heavy atom. The van der Waals surface area contributed by atoms with Crippen molar-refractivity contribution in [3.63, 3.8) is 0 Å². The average Bonchev–Trinajstić information content (AvgIpc) is 3.31. The van der Waals surface area contributed by atoms with E-state index in [1.165, 1.54) is 11.3 Å². The summed E-state index contributed by atoms with van der Waals surface area (Å²) in [6, 6.07) is 17.6. The predicted molar refractivity (Wildman–Crippen MR) is 150 cm³/mol. The average molecular weight is 532 g/mol. The van der Waals surface area contributed by atoms with Crippen LogP contribution in [-0.2, 0) is 17.9 Å². The number of hydrogen-bond donors (Lipinski definition) is 0. The molecule has 3 aromatic heterocycles. The van der Waals surface area contributed by atoms with Gasteiger partial charge >= 0.3 is 0 Å². The van der Waals surface area contributed by atoms with Crippen molar-refractivity contribution in [1.29, 1.82) is 0 Å². The number of likely N-dealkylation sites (N-methyl/N-ethyl adjacent to an activating group) is 2. The topological polar surface area (TPSA) is 71.3 Å². The summed E-state index contributed by atoms with van der Waals surface area (Å²) in [4.78, 5) is 39.1. The zero-order valence-corrected chi connectivity index (χ0v) is 22.4. The lowest BCUT2D eigenvalue weighted by Crippen LogP contribution is -2.34. The number of para-hydroxylation sites is 1. The Bertz CT molecular complexity index is 1660. The number of thiophene rings is 1. The SMILES string of the molecule is CN(CC(=O)N(C)C)Cc1cnc2c(Cn3cnc4cc(-c5ccc(Cl)cc5)sc4c3=O)cccc2c1. The second-order valence-corrected chi connectivity index (χ2v) is 10.8. The molecule has 0 saturated carbocycles. The molecule has 0 aliphatic heterocycles. The van der Waals surface area contributed by atoms with E-state index in [-0.39, 0.29) is 11.5 Å². The largest absolute Gasteiger partial charge is 0.348 e. The van der Waals surface area contributed by atoms with Crippen molar-refractivity contribution in [2.75, 3.05) is 27.7 Å². The van der Waals surface area contributed by atoms with Crippen molar-refractivity contribution < 1.29 is 4.79 Å². The Balaban J connectivity index is 1.40. The highest BCUT2D eigenvalue weighted by molar-refractivity contribution is 7.22. The van der Waals surface area contributed by atoms with Crippen LogP contribution in [0, 0.1) is 0 Å². The van der Waals surface area contributed by atoms with E-state index in [4.69, 9.17) is 16.6 Å². The van der Waals surface area contributed by atoms with Gasteiger partial charge in [-0.1, -0.05) is 41.9 Å². The van der Waals surface area contributed by atoms with E-state index in [1.54, 1.807) is 29.9 Å². The Kier molecular flexibility index (Phi) is 7.06. The lowest BCUT2D eigenvalue weighted by Gasteiger charge is -2.19. The van der Waals surface area contributed by atoms with Crippen molar-refractivity contribution in [2.45, 2.75) is 13.1 Å². The molecule has 3 heterocycles. The van der Waals surface area contributed by atoms with Crippen LogP contribution < -0.4 is 5.56 Å². The molecule has 0 unspecified atom stereocenters. The van der Waals surface area contributed by atoms with Crippen LogP contribution in [0.1, 0.15) is 11.1 Å². The Hall–Kier alpha value is -3.59. The predicted octanol–water partition coefficient (Wildman–Crippen LogP) is 4.89. The van der Waals surface area contributed by atoms with Crippen LogP contribution in [0.3, 0.4) is 0 Å². The highest BCUT2D eigenvalue weighted by atomic mass is 35.5. The molecule has 9 heteroatoms. The minimum absolute atomic E-state index is 0.0561. The maximum Gasteiger partial charge on any atom is 0.271 e. The van der Waals surface area contributed by atoms with Crippen LogP contribution in [0.15, 0.2) is 71.9 Å². The van der Waals surface area contributed by atoms with E-state index in [0.717, 1.165) is 32.5 Å². The summed E-state index contributed by atoms with van der Waals surface area (Å²) in [5.74, 6) is 0.0561. The van der Waals surface area contributed by atoms with Crippen molar-refractivity contribution in [3.8, 4) is 10.4 Å². The number of halogens is 1. The molecule has 0 bridgehead atoms. The molecule has 188 valence electrons. The minimum Gasteiger partial charge on any atom is -0.348 e. The fourth-order valence-electron chi connectivity index (χ4n) is 4.22. The van der Waals surface area contributed by atoms with E-state index >= 15 is 0 Å². The number of carbonyl (C=O) groups excluding carboxylic acids is 1. The van der Waals surface area contributed by atoms with E-state index in [0.29, 0.717) is 34.9 Å². The summed E-state index contributed by atoms with van der Waals surface area (Å²) in [5, 5.41) is 1.66. The number of nitrogens with zero attached hydrogens (tertiary/aromatic N) is 5. The normalized spacial score (nSPS) is 11.5. The Morgan fingerprint density at radius 1 is 1.05 bits per heavy atom. The number of amides is 1. The minimum atomic E-state index is -0.0731. The van der Waals surface area contributed by atoms with E-state index in [2.05, 4.69) is 11.1 Å². The summed E-state index contributed by atoms with van der Waals surface area (Å²) in [6.45, 7) is 1.32. The molecule has 0 aliphatic carbocycles. The van der Waals surface area contributed by atoms with Gasteiger partial charge in [-0.2, -0.15) is 0 Å². The third-order valence-corrected chi connectivity index (χ3v) is 7.59. The Labute approximate surface area is 223 Å². The fraction of sp³-hybridized carbons (Fsp3) is 0.214. The molecule has 2 aromatic carbocycles. The summed E-state index contributed by atoms with van der Waals surface area (Å²) < 4.78 is 2.26. The van der Waals surface area contributed by atoms with Gasteiger partial charge in [0.05, 0.1) is 30.5 Å². The second kappa shape index (κ2) is 10.4. The molecular weight excluding hydrogens is 506 g/mol. The third kappa shape index (κ3) is 5.41. The van der Waals surface area contributed by atoms with Gasteiger partial charge < -0.3 is 4.90 Å². The molecule has 7 nitrogen and oxygen atoms in total. The molecule has 1 amide bonds. The monoisotopic (exact) mass is 531 g/mol. The molecule has 0 saturated heterocycles. The number of benzene rings is 2. The van der Waals surface area contributed by atoms with Gasteiger partial charge in [0, 0.05) is 42.1 Å². The molecule has 5 aromatic rings. The van der Waals surface area contributed by atoms with Crippen LogP contribution in [0.5, 0.6) is 0 Å². The summed E-state index contributed by atoms with van der Waals surface area (Å²) in [5.41, 5.74) is 4.43. The second-order valence-electron chi connectivity index (χ2n) is 9.30. The molecule has 0 radical (unpaired) electrons. The fourth-order valence-corrected chi connectivity index (χ4v) is 5.41. The lowest BCUT2D eigenvalue weighted by atomic mass is 10.1. The molecular formula is C28H26ClN5O2S. The van der Waals surface area contributed by atoms with Gasteiger partial charge in [-0.3, -0.25) is 24.0 Å². The van der Waals surface area contributed by atoms with Gasteiger partial charge in [0.25, 0.3) is 5.56 Å². The summed E-state index contributed by atoms with van der Waals surface area (Å²) >= 11 is 7.46. The van der Waals surface area contributed by atoms with E-state index in [9.17, 15) is 9.59 Å². The standard InChI is InChI=1S/C28H26ClN5O2S/c1-32(2)25(35)16-33(3)14-18-11-20-5-4-6-21(26(20)30-13-18)15-34-17-31-23-12-24(37-27(23)28(34)36)19-7-9-22(29)10-8-19/h4-13,17H,14-16H2,1-3H3. The number of pyridine rings is 1. The van der Waals surface area contributed by atoms with Crippen molar-refractivity contribution in [3.05, 3.63) is 93.6 Å².